The van der Waals surface area contributed by atoms with Crippen LogP contribution in [-0.4, -0.2) is 39.6 Å². The second-order valence-electron chi connectivity index (χ2n) is 4.99. The maximum Gasteiger partial charge on any atom is 0.321 e. The van der Waals surface area contributed by atoms with E-state index in [1.807, 2.05) is 24.3 Å². The largest absolute Gasteiger partial charge is 0.331 e. The molecule has 1 N–H and O–H groups in total. The van der Waals surface area contributed by atoms with Gasteiger partial charge in [0.2, 0.25) is 0 Å². The molecule has 0 radical (unpaired) electrons. The van der Waals surface area contributed by atoms with Crippen molar-refractivity contribution in [3.05, 3.63) is 47.7 Å². The second-order valence-corrected chi connectivity index (χ2v) is 5.43. The third kappa shape index (κ3) is 2.73. The third-order valence-corrected chi connectivity index (χ3v) is 3.35. The van der Waals surface area contributed by atoms with Crippen molar-refractivity contribution in [3.8, 4) is 11.3 Å². The summed E-state index contributed by atoms with van der Waals surface area (Å²) in [5, 5.41) is 7.62. The number of fused-ring (bicyclic) bond motifs is 1. The van der Waals surface area contributed by atoms with Crippen LogP contribution in [0.25, 0.3) is 16.9 Å². The van der Waals surface area contributed by atoms with E-state index in [-0.39, 0.29) is 6.03 Å². The number of aromatic nitrogens is 3. The average molecular weight is 316 g/mol. The summed E-state index contributed by atoms with van der Waals surface area (Å²) in [5.74, 6) is 0. The number of benzene rings is 1. The van der Waals surface area contributed by atoms with Gasteiger partial charge in [0, 0.05) is 31.4 Å². The lowest BCUT2D eigenvalue weighted by Crippen LogP contribution is -2.27. The van der Waals surface area contributed by atoms with E-state index in [2.05, 4.69) is 15.4 Å². The number of urea groups is 1. The number of amides is 2. The van der Waals surface area contributed by atoms with E-state index >= 15 is 0 Å². The van der Waals surface area contributed by atoms with Gasteiger partial charge in [0.05, 0.1) is 23.1 Å². The molecule has 0 saturated carbocycles. The molecule has 0 saturated heterocycles. The summed E-state index contributed by atoms with van der Waals surface area (Å²) in [5.41, 5.74) is 3.11. The zero-order valence-corrected chi connectivity index (χ0v) is 12.9. The van der Waals surface area contributed by atoms with Crippen molar-refractivity contribution in [1.82, 2.24) is 19.5 Å². The van der Waals surface area contributed by atoms with Crippen molar-refractivity contribution in [2.24, 2.45) is 0 Å². The maximum absolute atomic E-state index is 11.7. The minimum atomic E-state index is -0.180. The SMILES string of the molecule is CN(C)C(=O)Nc1cccc(-c2cnc3cc(Cl)cnn23)c1. The fourth-order valence-corrected chi connectivity index (χ4v) is 2.18. The van der Waals surface area contributed by atoms with E-state index in [4.69, 9.17) is 11.6 Å². The molecule has 0 fully saturated rings. The fourth-order valence-electron chi connectivity index (χ4n) is 2.04. The Bertz CT molecular complexity index is 843. The summed E-state index contributed by atoms with van der Waals surface area (Å²) >= 11 is 5.92. The second kappa shape index (κ2) is 5.65. The number of anilines is 1. The van der Waals surface area contributed by atoms with Gasteiger partial charge in [-0.3, -0.25) is 0 Å². The van der Waals surface area contributed by atoms with E-state index in [0.29, 0.717) is 16.4 Å². The molecule has 2 heterocycles. The van der Waals surface area contributed by atoms with Gasteiger partial charge in [-0.05, 0) is 12.1 Å². The molecule has 0 unspecified atom stereocenters. The van der Waals surface area contributed by atoms with Crippen molar-refractivity contribution in [2.45, 2.75) is 0 Å². The fraction of sp³-hybridized carbons (Fsp3) is 0.133. The molecule has 0 aliphatic rings. The molecular formula is C15H14ClN5O. The Labute approximate surface area is 132 Å². The topological polar surface area (TPSA) is 62.5 Å². The minimum absolute atomic E-state index is 0.180. The van der Waals surface area contributed by atoms with Crippen LogP contribution in [0.3, 0.4) is 0 Å². The Hall–Kier alpha value is -2.60. The molecule has 0 atom stereocenters. The normalized spacial score (nSPS) is 10.7. The third-order valence-electron chi connectivity index (χ3n) is 3.14. The molecular weight excluding hydrogens is 302 g/mol. The lowest BCUT2D eigenvalue weighted by atomic mass is 10.1. The molecule has 6 nitrogen and oxygen atoms in total. The summed E-state index contributed by atoms with van der Waals surface area (Å²) in [4.78, 5) is 17.5. The predicted molar refractivity (Wildman–Crippen MR) is 86.1 cm³/mol. The van der Waals surface area contributed by atoms with Gasteiger partial charge >= 0.3 is 6.03 Å². The molecule has 3 aromatic rings. The molecule has 0 aliphatic heterocycles. The van der Waals surface area contributed by atoms with Crippen LogP contribution in [0, 0.1) is 0 Å². The number of imidazole rings is 1. The summed E-state index contributed by atoms with van der Waals surface area (Å²) in [7, 11) is 3.38. The van der Waals surface area contributed by atoms with E-state index in [1.165, 1.54) is 4.90 Å². The number of hydrogen-bond acceptors (Lipinski definition) is 3. The first-order chi connectivity index (χ1) is 10.5. The molecule has 7 heteroatoms. The van der Waals surface area contributed by atoms with Gasteiger partial charge in [0.25, 0.3) is 0 Å². The standard InChI is InChI=1S/C15H14ClN5O/c1-20(2)15(22)19-12-5-3-4-10(6-12)13-9-17-14-7-11(16)8-18-21(13)14/h3-9H,1-2H3,(H,19,22). The van der Waals surface area contributed by atoms with E-state index in [9.17, 15) is 4.79 Å². The van der Waals surface area contributed by atoms with Crippen LogP contribution in [0.4, 0.5) is 10.5 Å². The Morgan fingerprint density at radius 2 is 2.09 bits per heavy atom. The number of halogens is 1. The molecule has 0 bridgehead atoms. The number of hydrogen-bond donors (Lipinski definition) is 1. The van der Waals surface area contributed by atoms with Crippen molar-refractivity contribution in [2.75, 3.05) is 19.4 Å². The van der Waals surface area contributed by atoms with Gasteiger partial charge in [-0.15, -0.1) is 0 Å². The Morgan fingerprint density at radius 1 is 1.27 bits per heavy atom. The zero-order valence-electron chi connectivity index (χ0n) is 12.1. The van der Waals surface area contributed by atoms with Crippen LogP contribution < -0.4 is 5.32 Å². The van der Waals surface area contributed by atoms with Gasteiger partial charge in [-0.25, -0.2) is 14.3 Å². The van der Waals surface area contributed by atoms with Crippen molar-refractivity contribution >= 4 is 29.0 Å². The van der Waals surface area contributed by atoms with Gasteiger partial charge in [0.15, 0.2) is 5.65 Å². The lowest BCUT2D eigenvalue weighted by molar-refractivity contribution is 0.230. The summed E-state index contributed by atoms with van der Waals surface area (Å²) in [6.45, 7) is 0. The number of nitrogens with zero attached hydrogens (tertiary/aromatic N) is 4. The first kappa shape index (κ1) is 14.3. The lowest BCUT2D eigenvalue weighted by Gasteiger charge is -2.12. The number of carbonyl (C=O) groups is 1. The number of nitrogens with one attached hydrogen (secondary N) is 1. The van der Waals surface area contributed by atoms with Crippen molar-refractivity contribution < 1.29 is 4.79 Å². The highest BCUT2D eigenvalue weighted by molar-refractivity contribution is 6.30. The highest BCUT2D eigenvalue weighted by Gasteiger charge is 2.09. The van der Waals surface area contributed by atoms with Crippen LogP contribution in [0.5, 0.6) is 0 Å². The number of carbonyl (C=O) groups excluding carboxylic acids is 1. The molecule has 2 aromatic heterocycles. The zero-order chi connectivity index (χ0) is 15.7. The minimum Gasteiger partial charge on any atom is -0.331 e. The number of rotatable bonds is 2. The first-order valence-electron chi connectivity index (χ1n) is 6.62. The van der Waals surface area contributed by atoms with E-state index < -0.39 is 0 Å². The van der Waals surface area contributed by atoms with Gasteiger partial charge < -0.3 is 10.2 Å². The molecule has 112 valence electrons. The van der Waals surface area contributed by atoms with Gasteiger partial charge in [-0.1, -0.05) is 23.7 Å². The maximum atomic E-state index is 11.7. The molecule has 3 rings (SSSR count). The molecule has 0 spiro atoms. The highest BCUT2D eigenvalue weighted by Crippen LogP contribution is 2.24. The van der Waals surface area contributed by atoms with Crippen LogP contribution in [-0.2, 0) is 0 Å². The molecule has 22 heavy (non-hydrogen) atoms. The highest BCUT2D eigenvalue weighted by atomic mass is 35.5. The Balaban J connectivity index is 1.99. The molecule has 0 aliphatic carbocycles. The summed E-state index contributed by atoms with van der Waals surface area (Å²) in [6.07, 6.45) is 3.29. The van der Waals surface area contributed by atoms with Gasteiger partial charge in [-0.2, -0.15) is 5.10 Å². The quantitative estimate of drug-likeness (QED) is 0.790. The average Bonchev–Trinajstić information content (AvgIpc) is 2.90. The molecule has 2 amide bonds. The van der Waals surface area contributed by atoms with E-state index in [1.54, 1.807) is 37.1 Å². The Kier molecular flexibility index (Phi) is 3.68. The van der Waals surface area contributed by atoms with Crippen LogP contribution in [0.2, 0.25) is 5.02 Å². The van der Waals surface area contributed by atoms with Crippen LogP contribution >= 0.6 is 11.6 Å². The van der Waals surface area contributed by atoms with Crippen LogP contribution in [0.1, 0.15) is 0 Å². The summed E-state index contributed by atoms with van der Waals surface area (Å²) in [6, 6.07) is 9.08. The predicted octanol–water partition coefficient (Wildman–Crippen LogP) is 3.14. The summed E-state index contributed by atoms with van der Waals surface area (Å²) < 4.78 is 1.71. The van der Waals surface area contributed by atoms with Crippen LogP contribution in [0.15, 0.2) is 42.7 Å². The van der Waals surface area contributed by atoms with Crippen molar-refractivity contribution in [3.63, 3.8) is 0 Å². The Morgan fingerprint density at radius 3 is 2.86 bits per heavy atom. The van der Waals surface area contributed by atoms with E-state index in [0.717, 1.165) is 11.3 Å². The molecule has 1 aromatic carbocycles. The monoisotopic (exact) mass is 315 g/mol. The first-order valence-corrected chi connectivity index (χ1v) is 7.00. The smallest absolute Gasteiger partial charge is 0.321 e. The van der Waals surface area contributed by atoms with Gasteiger partial charge in [0.1, 0.15) is 0 Å². The van der Waals surface area contributed by atoms with Crippen molar-refractivity contribution in [1.29, 1.82) is 0 Å².